The van der Waals surface area contributed by atoms with E-state index in [2.05, 4.69) is 29.8 Å². The van der Waals surface area contributed by atoms with Crippen molar-refractivity contribution in [3.05, 3.63) is 0 Å². The van der Waals surface area contributed by atoms with Crippen molar-refractivity contribution in [3.63, 3.8) is 0 Å². The van der Waals surface area contributed by atoms with E-state index >= 15 is 0 Å². The van der Waals surface area contributed by atoms with E-state index in [0.29, 0.717) is 34.8 Å². The van der Waals surface area contributed by atoms with Gasteiger partial charge in [0.15, 0.2) is 0 Å². The van der Waals surface area contributed by atoms with Gasteiger partial charge in [-0.3, -0.25) is 4.79 Å². The zero-order valence-electron chi connectivity index (χ0n) is 14.2. The predicted octanol–water partition coefficient (Wildman–Crippen LogP) is 3.30. The average Bonchev–Trinajstić information content (AvgIpc) is 2.78. The second kappa shape index (κ2) is 5.28. The molecule has 0 aliphatic heterocycles. The molecule has 0 amide bonds. The molecule has 4 aliphatic carbocycles. The van der Waals surface area contributed by atoms with E-state index in [1.807, 2.05) is 0 Å². The van der Waals surface area contributed by atoms with Gasteiger partial charge in [-0.05, 0) is 67.6 Å². The molecule has 4 heteroatoms. The van der Waals surface area contributed by atoms with E-state index < -0.39 is 0 Å². The summed E-state index contributed by atoms with van der Waals surface area (Å²) in [5.41, 5.74) is -0.0581. The topological polar surface area (TPSA) is 57.5 Å². The molecular weight excluding hydrogens is 356 g/mol. The number of carbonyl (C=O) groups excluding carboxylic acids is 1. The second-order valence-corrected chi connectivity index (χ2v) is 10.3. The van der Waals surface area contributed by atoms with E-state index in [1.165, 1.54) is 0 Å². The Balaban J connectivity index is 1.72. The molecule has 0 spiro atoms. The molecule has 4 aliphatic rings. The number of hydrogen-bond donors (Lipinski definition) is 2. The molecule has 0 saturated heterocycles. The quantitative estimate of drug-likeness (QED) is 0.629. The molecule has 23 heavy (non-hydrogen) atoms. The lowest BCUT2D eigenvalue weighted by molar-refractivity contribution is -0.168. The van der Waals surface area contributed by atoms with E-state index in [0.717, 1.165) is 38.5 Å². The third-order valence-corrected chi connectivity index (χ3v) is 9.76. The Morgan fingerprint density at radius 1 is 1.09 bits per heavy atom. The summed E-state index contributed by atoms with van der Waals surface area (Å²) >= 11 is 3.90. The van der Waals surface area contributed by atoms with Crippen LogP contribution in [-0.4, -0.2) is 33.0 Å². The molecule has 4 rings (SSSR count). The van der Waals surface area contributed by atoms with Crippen molar-refractivity contribution in [3.8, 4) is 0 Å². The van der Waals surface area contributed by atoms with Crippen LogP contribution in [0.25, 0.3) is 0 Å². The predicted molar refractivity (Wildman–Crippen MR) is 92.2 cm³/mol. The average molecular weight is 385 g/mol. The number of ketones is 1. The molecule has 0 heterocycles. The Bertz CT molecular complexity index is 523. The van der Waals surface area contributed by atoms with E-state index in [-0.39, 0.29) is 29.0 Å². The molecule has 0 aromatic carbocycles. The van der Waals surface area contributed by atoms with Gasteiger partial charge in [0.2, 0.25) is 0 Å². The minimum absolute atomic E-state index is 0.135. The van der Waals surface area contributed by atoms with Crippen molar-refractivity contribution < 1.29 is 15.0 Å². The number of rotatable bonds is 0. The Labute approximate surface area is 147 Å². The van der Waals surface area contributed by atoms with Gasteiger partial charge in [0.25, 0.3) is 0 Å². The number of aliphatic hydroxyl groups is 2. The number of alkyl halides is 1. The number of Topliss-reactive ketones (excluding diaryl/α,β-unsaturated/α-hetero) is 1. The second-order valence-electron chi connectivity index (χ2n) is 9.17. The van der Waals surface area contributed by atoms with Crippen molar-refractivity contribution in [1.82, 2.24) is 0 Å². The molecule has 1 unspecified atom stereocenters. The first kappa shape index (κ1) is 16.5. The maximum absolute atomic E-state index is 12.5. The van der Waals surface area contributed by atoms with Crippen molar-refractivity contribution in [2.24, 2.45) is 34.5 Å². The summed E-state index contributed by atoms with van der Waals surface area (Å²) in [6.07, 6.45) is 5.56. The number of fused-ring (bicyclic) bond motifs is 5. The fraction of sp³-hybridized carbons (Fsp3) is 0.947. The summed E-state index contributed by atoms with van der Waals surface area (Å²) < 4.78 is 0. The molecule has 9 atom stereocenters. The van der Waals surface area contributed by atoms with Crippen LogP contribution in [0, 0.1) is 34.5 Å². The smallest absolute Gasteiger partial charge is 0.139 e. The SMILES string of the molecule is C[C@]12C(Br)C[C@@H](O)C[C@@H]1C[C@@H](O)[C@@H]1[C@@H]2CC[C@]2(C)C(=O)CC[C@@H]12. The molecule has 4 saturated carbocycles. The summed E-state index contributed by atoms with van der Waals surface area (Å²) in [5.74, 6) is 1.89. The monoisotopic (exact) mass is 384 g/mol. The molecule has 0 aromatic rings. The highest BCUT2D eigenvalue weighted by molar-refractivity contribution is 9.09. The number of carbonyl (C=O) groups is 1. The highest BCUT2D eigenvalue weighted by atomic mass is 79.9. The van der Waals surface area contributed by atoms with E-state index in [9.17, 15) is 15.0 Å². The summed E-state index contributed by atoms with van der Waals surface area (Å²) in [5, 5.41) is 21.2. The Morgan fingerprint density at radius 3 is 2.57 bits per heavy atom. The lowest BCUT2D eigenvalue weighted by atomic mass is 9.44. The summed E-state index contributed by atoms with van der Waals surface area (Å²) in [6, 6.07) is 0. The van der Waals surface area contributed by atoms with Crippen LogP contribution in [0.2, 0.25) is 0 Å². The van der Waals surface area contributed by atoms with Gasteiger partial charge < -0.3 is 10.2 Å². The summed E-state index contributed by atoms with van der Waals surface area (Å²) in [4.78, 5) is 12.8. The molecule has 130 valence electrons. The first-order valence-electron chi connectivity index (χ1n) is 9.32. The third kappa shape index (κ3) is 2.10. The first-order valence-corrected chi connectivity index (χ1v) is 10.2. The van der Waals surface area contributed by atoms with Crippen LogP contribution in [0.4, 0.5) is 0 Å². The van der Waals surface area contributed by atoms with Crippen LogP contribution < -0.4 is 0 Å². The zero-order chi connectivity index (χ0) is 16.6. The summed E-state index contributed by atoms with van der Waals surface area (Å²) in [6.45, 7) is 4.53. The van der Waals surface area contributed by atoms with Crippen LogP contribution in [0.15, 0.2) is 0 Å². The van der Waals surface area contributed by atoms with Gasteiger partial charge in [-0.25, -0.2) is 0 Å². The Hall–Kier alpha value is 0.0700. The molecule has 4 fully saturated rings. The first-order chi connectivity index (χ1) is 10.8. The molecule has 0 bridgehead atoms. The van der Waals surface area contributed by atoms with Gasteiger partial charge in [0.05, 0.1) is 12.2 Å². The fourth-order valence-corrected chi connectivity index (χ4v) is 8.14. The molecule has 0 aromatic heterocycles. The molecular formula is C19H29BrO3. The van der Waals surface area contributed by atoms with Gasteiger partial charge in [0, 0.05) is 16.7 Å². The largest absolute Gasteiger partial charge is 0.393 e. The molecule has 0 radical (unpaired) electrons. The number of hydrogen-bond acceptors (Lipinski definition) is 3. The number of aliphatic hydroxyl groups excluding tert-OH is 2. The third-order valence-electron chi connectivity index (χ3n) is 8.40. The van der Waals surface area contributed by atoms with Crippen LogP contribution >= 0.6 is 15.9 Å². The fourth-order valence-electron chi connectivity index (χ4n) is 6.99. The lowest BCUT2D eigenvalue weighted by Crippen LogP contribution is -2.61. The van der Waals surface area contributed by atoms with Gasteiger partial charge >= 0.3 is 0 Å². The minimum Gasteiger partial charge on any atom is -0.393 e. The van der Waals surface area contributed by atoms with Crippen molar-refractivity contribution in [2.45, 2.75) is 75.8 Å². The van der Waals surface area contributed by atoms with Crippen molar-refractivity contribution in [1.29, 1.82) is 0 Å². The van der Waals surface area contributed by atoms with Crippen molar-refractivity contribution in [2.75, 3.05) is 0 Å². The maximum atomic E-state index is 12.5. The van der Waals surface area contributed by atoms with Crippen LogP contribution in [0.1, 0.15) is 58.8 Å². The van der Waals surface area contributed by atoms with E-state index in [1.54, 1.807) is 0 Å². The number of halogens is 1. The molecule has 2 N–H and O–H groups in total. The Morgan fingerprint density at radius 2 is 1.83 bits per heavy atom. The molecule has 3 nitrogen and oxygen atoms in total. The lowest BCUT2D eigenvalue weighted by Gasteiger charge is -2.62. The van der Waals surface area contributed by atoms with Gasteiger partial charge in [0.1, 0.15) is 5.78 Å². The minimum atomic E-state index is -0.307. The highest BCUT2D eigenvalue weighted by Gasteiger charge is 2.64. The van der Waals surface area contributed by atoms with Crippen molar-refractivity contribution >= 4 is 21.7 Å². The van der Waals surface area contributed by atoms with Crippen LogP contribution in [0.5, 0.6) is 0 Å². The standard InChI is InChI=1S/C19H29BrO3/c1-18-6-5-13-17(12(18)3-4-16(18)23)14(22)8-10-7-11(21)9-15(20)19(10,13)2/h10-15,17,21-22H,3-9H2,1-2H3/t10-,11+,12+,13+,14-,15?,17+,18+,19+/m1/s1. The summed E-state index contributed by atoms with van der Waals surface area (Å²) in [7, 11) is 0. The van der Waals surface area contributed by atoms with Crippen LogP contribution in [0.3, 0.4) is 0 Å². The van der Waals surface area contributed by atoms with Gasteiger partial charge in [-0.1, -0.05) is 29.8 Å². The van der Waals surface area contributed by atoms with Crippen LogP contribution in [-0.2, 0) is 4.79 Å². The van der Waals surface area contributed by atoms with Gasteiger partial charge in [-0.15, -0.1) is 0 Å². The Kier molecular flexibility index (Phi) is 3.80. The zero-order valence-corrected chi connectivity index (χ0v) is 15.8. The highest BCUT2D eigenvalue weighted by Crippen LogP contribution is 2.66. The normalized spacial score (nSPS) is 59.2. The van der Waals surface area contributed by atoms with Gasteiger partial charge in [-0.2, -0.15) is 0 Å². The maximum Gasteiger partial charge on any atom is 0.139 e. The van der Waals surface area contributed by atoms with E-state index in [4.69, 9.17) is 0 Å².